The Labute approximate surface area is 164 Å². The first-order valence-corrected chi connectivity index (χ1v) is 10.9. The SMILES string of the molecule is Cc1ccc2c(c1)[C@H]1C[NH+](C)CC[C@@H]1N2S(=O)(=O)c1c(Cl)cccc1Cl. The fourth-order valence-electron chi connectivity index (χ4n) is 4.29. The minimum Gasteiger partial charge on any atom is -0.337 e. The number of benzene rings is 2. The summed E-state index contributed by atoms with van der Waals surface area (Å²) < 4.78 is 28.8. The van der Waals surface area contributed by atoms with Crippen molar-refractivity contribution in [1.82, 2.24) is 0 Å². The zero-order chi connectivity index (χ0) is 18.6. The van der Waals surface area contributed by atoms with Gasteiger partial charge < -0.3 is 4.90 Å². The van der Waals surface area contributed by atoms with Gasteiger partial charge in [0.25, 0.3) is 10.0 Å². The Hall–Kier alpha value is -1.27. The molecule has 1 unspecified atom stereocenters. The van der Waals surface area contributed by atoms with Crippen molar-refractivity contribution >= 4 is 38.9 Å². The lowest BCUT2D eigenvalue weighted by molar-refractivity contribution is -0.886. The predicted molar refractivity (Wildman–Crippen MR) is 105 cm³/mol. The molecule has 2 aliphatic rings. The number of nitrogens with zero attached hydrogens (tertiary/aromatic N) is 1. The van der Waals surface area contributed by atoms with E-state index in [0.717, 1.165) is 36.3 Å². The van der Waals surface area contributed by atoms with E-state index >= 15 is 0 Å². The van der Waals surface area contributed by atoms with E-state index in [4.69, 9.17) is 23.2 Å². The van der Waals surface area contributed by atoms with Gasteiger partial charge in [-0.3, -0.25) is 4.31 Å². The molecule has 26 heavy (non-hydrogen) atoms. The molecule has 0 saturated carbocycles. The van der Waals surface area contributed by atoms with Gasteiger partial charge in [-0.15, -0.1) is 0 Å². The molecule has 0 aliphatic carbocycles. The summed E-state index contributed by atoms with van der Waals surface area (Å²) in [4.78, 5) is 1.43. The van der Waals surface area contributed by atoms with E-state index in [2.05, 4.69) is 13.1 Å². The van der Waals surface area contributed by atoms with E-state index < -0.39 is 10.0 Å². The third kappa shape index (κ3) is 2.73. The third-order valence-corrected chi connectivity index (χ3v) is 8.25. The number of hydrogen-bond acceptors (Lipinski definition) is 2. The number of quaternary nitrogens is 1. The second-order valence-electron chi connectivity index (χ2n) is 7.29. The van der Waals surface area contributed by atoms with E-state index in [9.17, 15) is 8.42 Å². The average molecular weight is 412 g/mol. The number of rotatable bonds is 2. The molecule has 0 aromatic heterocycles. The lowest BCUT2D eigenvalue weighted by atomic mass is 9.89. The molecule has 2 aliphatic heterocycles. The van der Waals surface area contributed by atoms with E-state index in [0.29, 0.717) is 0 Å². The number of fused-ring (bicyclic) bond motifs is 3. The third-order valence-electron chi connectivity index (χ3n) is 5.46. The number of nitrogens with one attached hydrogen (secondary N) is 1. The van der Waals surface area contributed by atoms with Crippen molar-refractivity contribution in [2.75, 3.05) is 24.4 Å². The van der Waals surface area contributed by atoms with Crippen LogP contribution in [0.3, 0.4) is 0 Å². The number of likely N-dealkylation sites (N-methyl/N-ethyl adjacent to an activating group) is 1. The monoisotopic (exact) mass is 411 g/mol. The molecule has 1 saturated heterocycles. The number of hydrogen-bond donors (Lipinski definition) is 1. The minimum atomic E-state index is -3.85. The van der Waals surface area contributed by atoms with Crippen LogP contribution in [-0.4, -0.2) is 34.6 Å². The van der Waals surface area contributed by atoms with E-state index in [1.165, 1.54) is 4.90 Å². The van der Waals surface area contributed by atoms with Gasteiger partial charge in [0, 0.05) is 6.42 Å². The highest BCUT2D eigenvalue weighted by Crippen LogP contribution is 2.47. The summed E-state index contributed by atoms with van der Waals surface area (Å²) in [6.07, 6.45) is 0.811. The molecule has 4 rings (SSSR count). The molecule has 0 radical (unpaired) electrons. The van der Waals surface area contributed by atoms with Crippen LogP contribution in [0, 0.1) is 6.92 Å². The van der Waals surface area contributed by atoms with E-state index in [1.54, 1.807) is 22.5 Å². The number of aryl methyl sites for hydroxylation is 1. The Morgan fingerprint density at radius 3 is 2.54 bits per heavy atom. The van der Waals surface area contributed by atoms with Crippen molar-refractivity contribution in [1.29, 1.82) is 0 Å². The maximum absolute atomic E-state index is 13.6. The Balaban J connectivity index is 1.91. The van der Waals surface area contributed by atoms with Crippen LogP contribution in [0.1, 0.15) is 23.5 Å². The summed E-state index contributed by atoms with van der Waals surface area (Å²) in [5, 5.41) is 0.321. The molecule has 3 atom stereocenters. The van der Waals surface area contributed by atoms with E-state index in [-0.39, 0.29) is 26.9 Å². The second kappa shape index (κ2) is 6.41. The fourth-order valence-corrected chi connectivity index (χ4v) is 7.13. The molecule has 1 N–H and O–H groups in total. The van der Waals surface area contributed by atoms with Crippen molar-refractivity contribution in [3.8, 4) is 0 Å². The first-order valence-electron chi connectivity index (χ1n) is 8.71. The lowest BCUT2D eigenvalue weighted by Crippen LogP contribution is -3.11. The topological polar surface area (TPSA) is 41.8 Å². The Kier molecular flexibility index (Phi) is 4.47. The summed E-state index contributed by atoms with van der Waals surface area (Å²) >= 11 is 12.5. The van der Waals surface area contributed by atoms with Crippen LogP contribution in [-0.2, 0) is 10.0 Å². The summed E-state index contributed by atoms with van der Waals surface area (Å²) in [7, 11) is -1.69. The minimum absolute atomic E-state index is 0.00165. The maximum Gasteiger partial charge on any atom is 0.267 e. The molecule has 138 valence electrons. The van der Waals surface area contributed by atoms with Crippen molar-refractivity contribution in [2.24, 2.45) is 0 Å². The first kappa shape index (κ1) is 18.1. The van der Waals surface area contributed by atoms with Gasteiger partial charge in [0.05, 0.1) is 47.8 Å². The quantitative estimate of drug-likeness (QED) is 0.825. The van der Waals surface area contributed by atoms with Crippen LogP contribution in [0.2, 0.25) is 10.0 Å². The van der Waals surface area contributed by atoms with Gasteiger partial charge in [0.2, 0.25) is 0 Å². The van der Waals surface area contributed by atoms with Crippen LogP contribution in [0.25, 0.3) is 0 Å². The first-order chi connectivity index (χ1) is 12.3. The van der Waals surface area contributed by atoms with Crippen LogP contribution in [0.15, 0.2) is 41.3 Å². The van der Waals surface area contributed by atoms with E-state index in [1.807, 2.05) is 19.1 Å². The second-order valence-corrected chi connectivity index (χ2v) is 9.85. The van der Waals surface area contributed by atoms with Crippen molar-refractivity contribution in [2.45, 2.75) is 30.2 Å². The van der Waals surface area contributed by atoms with Gasteiger partial charge in [0.15, 0.2) is 0 Å². The van der Waals surface area contributed by atoms with Crippen LogP contribution >= 0.6 is 23.2 Å². The van der Waals surface area contributed by atoms with Crippen molar-refractivity contribution < 1.29 is 13.3 Å². The molecule has 7 heteroatoms. The van der Waals surface area contributed by atoms with Gasteiger partial charge in [-0.05, 0) is 30.7 Å². The number of halogens is 2. The zero-order valence-electron chi connectivity index (χ0n) is 14.7. The van der Waals surface area contributed by atoms with Crippen LogP contribution < -0.4 is 9.21 Å². The Morgan fingerprint density at radius 2 is 1.85 bits per heavy atom. The lowest BCUT2D eigenvalue weighted by Gasteiger charge is -2.35. The molecule has 2 aromatic carbocycles. The number of piperidine rings is 1. The zero-order valence-corrected chi connectivity index (χ0v) is 17.0. The largest absolute Gasteiger partial charge is 0.337 e. The summed E-state index contributed by atoms with van der Waals surface area (Å²) in [6.45, 7) is 3.90. The molecule has 2 heterocycles. The molecule has 0 bridgehead atoms. The average Bonchev–Trinajstić information content (AvgIpc) is 2.88. The van der Waals surface area contributed by atoms with Crippen LogP contribution in [0.4, 0.5) is 5.69 Å². The van der Waals surface area contributed by atoms with Gasteiger partial charge in [-0.1, -0.05) is 47.0 Å². The normalized spacial score (nSPS) is 25.1. The molecule has 0 amide bonds. The Bertz CT molecular complexity index is 957. The highest BCUT2D eigenvalue weighted by atomic mass is 35.5. The molecule has 4 nitrogen and oxygen atoms in total. The fraction of sp³-hybridized carbons (Fsp3) is 0.368. The molecule has 2 aromatic rings. The Morgan fingerprint density at radius 1 is 1.15 bits per heavy atom. The van der Waals surface area contributed by atoms with Gasteiger partial charge in [0.1, 0.15) is 4.90 Å². The summed E-state index contributed by atoms with van der Waals surface area (Å²) in [6, 6.07) is 10.7. The van der Waals surface area contributed by atoms with Crippen LogP contribution in [0.5, 0.6) is 0 Å². The number of anilines is 1. The summed E-state index contributed by atoms with van der Waals surface area (Å²) in [5.41, 5.74) is 3.01. The number of likely N-dealkylation sites (tertiary alicyclic amines) is 1. The van der Waals surface area contributed by atoms with Crippen molar-refractivity contribution in [3.63, 3.8) is 0 Å². The molecule has 0 spiro atoms. The highest BCUT2D eigenvalue weighted by molar-refractivity contribution is 7.93. The van der Waals surface area contributed by atoms with Gasteiger partial charge in [-0.25, -0.2) is 8.42 Å². The molecule has 1 fully saturated rings. The molecular formula is C19H21Cl2N2O2S+. The standard InChI is InChI=1S/C19H20Cl2N2O2S/c1-12-6-7-17-13(10-12)14-11-22(2)9-8-18(14)23(17)26(24,25)19-15(20)4-3-5-16(19)21/h3-7,10,14,18H,8-9,11H2,1-2H3/p+1/t14-,18+/m1/s1. The van der Waals surface area contributed by atoms with Crippen molar-refractivity contribution in [3.05, 3.63) is 57.6 Å². The smallest absolute Gasteiger partial charge is 0.267 e. The molecular weight excluding hydrogens is 391 g/mol. The highest BCUT2D eigenvalue weighted by Gasteiger charge is 2.49. The predicted octanol–water partition coefficient (Wildman–Crippen LogP) is 2.88. The van der Waals surface area contributed by atoms with Gasteiger partial charge in [-0.2, -0.15) is 0 Å². The van der Waals surface area contributed by atoms with Gasteiger partial charge >= 0.3 is 0 Å². The maximum atomic E-state index is 13.6. The number of sulfonamides is 1. The summed E-state index contributed by atoms with van der Waals surface area (Å²) in [5.74, 6) is 0.190.